The van der Waals surface area contributed by atoms with E-state index in [0.29, 0.717) is 4.47 Å². The maximum atomic E-state index is 13.8. The fourth-order valence-electron chi connectivity index (χ4n) is 1.52. The number of halogens is 4. The minimum Gasteiger partial charge on any atom is -0.507 e. The van der Waals surface area contributed by atoms with E-state index < -0.39 is 11.6 Å². The van der Waals surface area contributed by atoms with E-state index in [2.05, 4.69) is 15.9 Å². The second-order valence-corrected chi connectivity index (χ2v) is 4.73. The highest BCUT2D eigenvalue weighted by atomic mass is 79.9. The van der Waals surface area contributed by atoms with E-state index in [9.17, 15) is 13.9 Å². The van der Waals surface area contributed by atoms with Crippen LogP contribution in [0.3, 0.4) is 0 Å². The molecule has 0 aromatic heterocycles. The highest BCUT2D eigenvalue weighted by Crippen LogP contribution is 2.38. The van der Waals surface area contributed by atoms with Crippen LogP contribution in [0.25, 0.3) is 11.1 Å². The molecule has 0 fully saturated rings. The fourth-order valence-corrected chi connectivity index (χ4v) is 2.39. The molecule has 0 saturated heterocycles. The first-order valence-electron chi connectivity index (χ1n) is 4.62. The number of hydrogen-bond donors (Lipinski definition) is 1. The molecule has 2 aromatic carbocycles. The Hall–Kier alpha value is -1.13. The zero-order valence-corrected chi connectivity index (χ0v) is 10.7. The van der Waals surface area contributed by atoms with Crippen molar-refractivity contribution in [2.75, 3.05) is 0 Å². The van der Waals surface area contributed by atoms with Gasteiger partial charge < -0.3 is 5.11 Å². The van der Waals surface area contributed by atoms with Crippen molar-refractivity contribution in [1.29, 1.82) is 0 Å². The third-order valence-corrected chi connectivity index (χ3v) is 2.99. The first-order valence-corrected chi connectivity index (χ1v) is 5.79. The topological polar surface area (TPSA) is 20.2 Å². The Morgan fingerprint density at radius 1 is 1.12 bits per heavy atom. The molecule has 0 bridgehead atoms. The molecule has 2 rings (SSSR count). The summed E-state index contributed by atoms with van der Waals surface area (Å²) in [6.07, 6.45) is 0. The van der Waals surface area contributed by atoms with Crippen molar-refractivity contribution in [2.24, 2.45) is 0 Å². The minimum atomic E-state index is -0.597. The van der Waals surface area contributed by atoms with Gasteiger partial charge in [0.05, 0.1) is 5.02 Å². The van der Waals surface area contributed by atoms with Gasteiger partial charge in [-0.2, -0.15) is 0 Å². The van der Waals surface area contributed by atoms with Crippen molar-refractivity contribution < 1.29 is 13.9 Å². The lowest BCUT2D eigenvalue weighted by Crippen LogP contribution is -1.88. The molecule has 1 N–H and O–H groups in total. The number of benzene rings is 2. The van der Waals surface area contributed by atoms with Crippen LogP contribution in [0, 0.1) is 11.6 Å². The predicted octanol–water partition coefficient (Wildman–Crippen LogP) is 4.75. The highest BCUT2D eigenvalue weighted by Gasteiger charge is 2.15. The van der Waals surface area contributed by atoms with Crippen molar-refractivity contribution in [1.82, 2.24) is 0 Å². The summed E-state index contributed by atoms with van der Waals surface area (Å²) in [6.45, 7) is 0. The summed E-state index contributed by atoms with van der Waals surface area (Å²) in [7, 11) is 0. The van der Waals surface area contributed by atoms with Gasteiger partial charge >= 0.3 is 0 Å². The van der Waals surface area contributed by atoms with E-state index in [4.69, 9.17) is 11.6 Å². The van der Waals surface area contributed by atoms with Gasteiger partial charge in [0.1, 0.15) is 17.4 Å². The first kappa shape index (κ1) is 12.3. The van der Waals surface area contributed by atoms with Crippen LogP contribution in [0.4, 0.5) is 8.78 Å². The van der Waals surface area contributed by atoms with Crippen molar-refractivity contribution in [3.63, 3.8) is 0 Å². The molecule has 0 amide bonds. The van der Waals surface area contributed by atoms with Crippen LogP contribution in [0.2, 0.25) is 5.02 Å². The summed E-state index contributed by atoms with van der Waals surface area (Å²) < 4.78 is 27.1. The van der Waals surface area contributed by atoms with E-state index in [1.54, 1.807) is 0 Å². The van der Waals surface area contributed by atoms with E-state index in [0.717, 1.165) is 12.1 Å². The molecule has 0 aliphatic carbocycles. The highest BCUT2D eigenvalue weighted by molar-refractivity contribution is 9.10. The van der Waals surface area contributed by atoms with Gasteiger partial charge in [-0.05, 0) is 24.3 Å². The summed E-state index contributed by atoms with van der Waals surface area (Å²) in [6, 6.07) is 6.05. The molecule has 0 heterocycles. The fraction of sp³-hybridized carbons (Fsp3) is 0. The molecular formula is C12H6BrClF2O. The average molecular weight is 320 g/mol. The van der Waals surface area contributed by atoms with Crippen LogP contribution in [0.1, 0.15) is 0 Å². The lowest BCUT2D eigenvalue weighted by Gasteiger charge is -2.09. The Bertz CT molecular complexity index is 564. The van der Waals surface area contributed by atoms with Crippen LogP contribution in [-0.2, 0) is 0 Å². The van der Waals surface area contributed by atoms with E-state index in [1.165, 1.54) is 18.2 Å². The zero-order valence-electron chi connectivity index (χ0n) is 8.35. The zero-order chi connectivity index (χ0) is 12.6. The quantitative estimate of drug-likeness (QED) is 0.804. The molecule has 0 atom stereocenters. The Kier molecular flexibility index (Phi) is 3.35. The second-order valence-electron chi connectivity index (χ2n) is 3.41. The summed E-state index contributed by atoms with van der Waals surface area (Å²) >= 11 is 9.01. The van der Waals surface area contributed by atoms with Gasteiger partial charge in [0.15, 0.2) is 0 Å². The molecule has 0 aliphatic rings. The van der Waals surface area contributed by atoms with Crippen molar-refractivity contribution in [3.05, 3.63) is 51.5 Å². The maximum absolute atomic E-state index is 13.8. The van der Waals surface area contributed by atoms with Crippen LogP contribution < -0.4 is 0 Å². The smallest absolute Gasteiger partial charge is 0.133 e. The van der Waals surface area contributed by atoms with Gasteiger partial charge in [0, 0.05) is 21.7 Å². The average Bonchev–Trinajstić information content (AvgIpc) is 2.19. The Labute approximate surface area is 110 Å². The van der Waals surface area contributed by atoms with Gasteiger partial charge in [-0.15, -0.1) is 0 Å². The Morgan fingerprint density at radius 2 is 1.82 bits per heavy atom. The predicted molar refractivity (Wildman–Crippen MR) is 66.2 cm³/mol. The van der Waals surface area contributed by atoms with E-state index in [-0.39, 0.29) is 21.9 Å². The van der Waals surface area contributed by atoms with Gasteiger partial charge in [-0.1, -0.05) is 27.5 Å². The van der Waals surface area contributed by atoms with Crippen molar-refractivity contribution >= 4 is 27.5 Å². The Balaban J connectivity index is 2.68. The number of hydrogen-bond acceptors (Lipinski definition) is 1. The number of phenols is 1. The molecular weight excluding hydrogens is 313 g/mol. The van der Waals surface area contributed by atoms with Crippen LogP contribution in [0.15, 0.2) is 34.8 Å². The maximum Gasteiger partial charge on any atom is 0.133 e. The van der Waals surface area contributed by atoms with Crippen molar-refractivity contribution in [3.8, 4) is 16.9 Å². The van der Waals surface area contributed by atoms with E-state index >= 15 is 0 Å². The SMILES string of the molecule is Oc1cc(F)ccc1-c1c(F)cc(Br)cc1Cl. The lowest BCUT2D eigenvalue weighted by atomic mass is 10.0. The summed E-state index contributed by atoms with van der Waals surface area (Å²) in [5, 5.41) is 9.72. The third-order valence-electron chi connectivity index (χ3n) is 2.24. The third kappa shape index (κ3) is 2.42. The van der Waals surface area contributed by atoms with Gasteiger partial charge in [-0.25, -0.2) is 8.78 Å². The summed E-state index contributed by atoms with van der Waals surface area (Å²) in [5.74, 6) is -1.54. The summed E-state index contributed by atoms with van der Waals surface area (Å²) in [5.41, 5.74) is 0.203. The van der Waals surface area contributed by atoms with E-state index in [1.807, 2.05) is 0 Å². The number of rotatable bonds is 1. The van der Waals surface area contributed by atoms with Crippen LogP contribution >= 0.6 is 27.5 Å². The molecule has 0 unspecified atom stereocenters. The number of phenolic OH excluding ortho intramolecular Hbond substituents is 1. The van der Waals surface area contributed by atoms with Gasteiger partial charge in [-0.3, -0.25) is 0 Å². The van der Waals surface area contributed by atoms with Gasteiger partial charge in [0.2, 0.25) is 0 Å². The normalized spacial score (nSPS) is 10.6. The standard InChI is InChI=1S/C12H6BrClF2O/c13-6-3-9(14)12(10(16)4-6)8-2-1-7(15)5-11(8)17/h1-5,17H. The second kappa shape index (κ2) is 4.63. The van der Waals surface area contributed by atoms with Crippen LogP contribution in [-0.4, -0.2) is 5.11 Å². The molecule has 1 nitrogen and oxygen atoms in total. The molecule has 88 valence electrons. The first-order chi connectivity index (χ1) is 7.99. The Morgan fingerprint density at radius 3 is 2.41 bits per heavy atom. The van der Waals surface area contributed by atoms with Gasteiger partial charge in [0.25, 0.3) is 0 Å². The summed E-state index contributed by atoms with van der Waals surface area (Å²) in [4.78, 5) is 0. The van der Waals surface area contributed by atoms with Crippen molar-refractivity contribution in [2.45, 2.75) is 0 Å². The monoisotopic (exact) mass is 318 g/mol. The molecule has 5 heteroatoms. The largest absolute Gasteiger partial charge is 0.507 e. The number of aromatic hydroxyl groups is 1. The molecule has 0 aliphatic heterocycles. The molecule has 0 saturated carbocycles. The molecule has 17 heavy (non-hydrogen) atoms. The lowest BCUT2D eigenvalue weighted by molar-refractivity contribution is 0.470. The molecule has 0 spiro atoms. The molecule has 0 radical (unpaired) electrons. The van der Waals surface area contributed by atoms with Crippen LogP contribution in [0.5, 0.6) is 5.75 Å². The minimum absolute atomic E-state index is 0.0485. The molecule has 2 aromatic rings.